The fraction of sp³-hybridized carbons (Fsp3) is 0.750. The van der Waals surface area contributed by atoms with Crippen LogP contribution in [0.5, 0.6) is 5.75 Å². The van der Waals surface area contributed by atoms with Crippen LogP contribution in [0.3, 0.4) is 0 Å². The largest absolute Gasteiger partial charge is 0.487 e. The Hall–Kier alpha value is -1.32. The first-order chi connectivity index (χ1) is 9.72. The molecular weight excluding hydrogens is 254 g/mol. The van der Waals surface area contributed by atoms with Gasteiger partial charge in [0.15, 0.2) is 5.75 Å². The zero-order valence-electron chi connectivity index (χ0n) is 12.8. The lowest BCUT2D eigenvalue weighted by molar-refractivity contribution is 0.300. The van der Waals surface area contributed by atoms with Gasteiger partial charge in [-0.05, 0) is 13.3 Å². The van der Waals surface area contributed by atoms with Crippen molar-refractivity contribution in [2.24, 2.45) is 0 Å². The molecule has 1 rings (SSSR count). The lowest BCUT2D eigenvalue weighted by Gasteiger charge is -2.12. The summed E-state index contributed by atoms with van der Waals surface area (Å²) in [4.78, 5) is 22.6. The number of hydrogen-bond acceptors (Lipinski definition) is 4. The quantitative estimate of drug-likeness (QED) is 0.472. The molecule has 0 heterocycles. The van der Waals surface area contributed by atoms with Crippen LogP contribution in [0.15, 0.2) is 9.59 Å². The van der Waals surface area contributed by atoms with Gasteiger partial charge in [-0.1, -0.05) is 51.9 Å². The van der Waals surface area contributed by atoms with Crippen molar-refractivity contribution in [3.05, 3.63) is 20.4 Å². The first-order valence-electron chi connectivity index (χ1n) is 7.92. The zero-order valence-corrected chi connectivity index (χ0v) is 12.8. The molecule has 0 aromatic heterocycles. The fourth-order valence-electron chi connectivity index (χ4n) is 2.26. The van der Waals surface area contributed by atoms with Crippen LogP contribution >= 0.6 is 0 Å². The molecule has 0 saturated carbocycles. The average Bonchev–Trinajstić information content (AvgIpc) is 2.47. The number of nitrogens with one attached hydrogen (secondary N) is 1. The summed E-state index contributed by atoms with van der Waals surface area (Å²) in [5.41, 5.74) is -0.574. The maximum atomic E-state index is 11.3. The highest BCUT2D eigenvalue weighted by molar-refractivity contribution is 5.61. The predicted octanol–water partition coefficient (Wildman–Crippen LogP) is 3.23. The maximum Gasteiger partial charge on any atom is 0.272 e. The van der Waals surface area contributed by atoms with Crippen molar-refractivity contribution in [2.75, 3.05) is 18.5 Å². The second-order valence-electron chi connectivity index (χ2n) is 5.22. The third-order valence-electron chi connectivity index (χ3n) is 3.46. The summed E-state index contributed by atoms with van der Waals surface area (Å²) in [5.74, 6) is 0.236. The molecule has 0 unspecified atom stereocenters. The van der Waals surface area contributed by atoms with E-state index in [1.54, 1.807) is 0 Å². The van der Waals surface area contributed by atoms with Crippen LogP contribution in [-0.4, -0.2) is 13.2 Å². The Morgan fingerprint density at radius 1 is 0.850 bits per heavy atom. The Bertz CT molecular complexity index is 447. The van der Waals surface area contributed by atoms with Crippen molar-refractivity contribution in [2.45, 2.75) is 65.2 Å². The van der Waals surface area contributed by atoms with E-state index in [4.69, 9.17) is 4.74 Å². The SMILES string of the molecule is CCCCCCCCCCOc1c(NCC)c(=O)c1=O. The van der Waals surface area contributed by atoms with Gasteiger partial charge in [-0.3, -0.25) is 9.59 Å². The van der Waals surface area contributed by atoms with Gasteiger partial charge in [0.2, 0.25) is 0 Å². The van der Waals surface area contributed by atoms with E-state index >= 15 is 0 Å². The van der Waals surface area contributed by atoms with E-state index in [2.05, 4.69) is 12.2 Å². The molecule has 4 heteroatoms. The molecule has 0 aliphatic heterocycles. The third-order valence-corrected chi connectivity index (χ3v) is 3.46. The normalized spacial score (nSPS) is 10.9. The van der Waals surface area contributed by atoms with E-state index in [0.29, 0.717) is 18.8 Å². The standard InChI is InChI=1S/C16H27NO3/c1-3-5-6-7-8-9-10-11-12-20-16-13(17-4-2)14(18)15(16)19/h17H,3-12H2,1-2H3. The molecule has 0 aliphatic rings. The van der Waals surface area contributed by atoms with Crippen molar-refractivity contribution in [1.29, 1.82) is 0 Å². The monoisotopic (exact) mass is 281 g/mol. The van der Waals surface area contributed by atoms with E-state index in [-0.39, 0.29) is 5.75 Å². The van der Waals surface area contributed by atoms with E-state index in [9.17, 15) is 9.59 Å². The molecule has 1 aromatic rings. The second-order valence-corrected chi connectivity index (χ2v) is 5.22. The van der Waals surface area contributed by atoms with Gasteiger partial charge in [0.1, 0.15) is 5.69 Å². The number of hydrogen-bond donors (Lipinski definition) is 1. The smallest absolute Gasteiger partial charge is 0.272 e. The summed E-state index contributed by atoms with van der Waals surface area (Å²) in [7, 11) is 0. The highest BCUT2D eigenvalue weighted by Gasteiger charge is 2.21. The zero-order chi connectivity index (χ0) is 14.8. The lowest BCUT2D eigenvalue weighted by atomic mass is 10.1. The van der Waals surface area contributed by atoms with Crippen molar-refractivity contribution >= 4 is 5.69 Å². The topological polar surface area (TPSA) is 55.4 Å². The lowest BCUT2D eigenvalue weighted by Crippen LogP contribution is -2.36. The summed E-state index contributed by atoms with van der Waals surface area (Å²) < 4.78 is 5.42. The highest BCUT2D eigenvalue weighted by Crippen LogP contribution is 2.17. The van der Waals surface area contributed by atoms with Crippen LogP contribution in [0.4, 0.5) is 5.69 Å². The molecule has 0 radical (unpaired) electrons. The van der Waals surface area contributed by atoms with Crippen LogP contribution in [0.25, 0.3) is 0 Å². The first kappa shape index (κ1) is 16.7. The van der Waals surface area contributed by atoms with Crippen molar-refractivity contribution in [1.82, 2.24) is 0 Å². The minimum atomic E-state index is -0.486. The van der Waals surface area contributed by atoms with E-state index in [0.717, 1.165) is 12.8 Å². The summed E-state index contributed by atoms with van der Waals surface area (Å²) in [6.45, 7) is 5.26. The van der Waals surface area contributed by atoms with Gasteiger partial charge in [-0.15, -0.1) is 0 Å². The fourth-order valence-corrected chi connectivity index (χ4v) is 2.26. The highest BCUT2D eigenvalue weighted by atomic mass is 16.5. The van der Waals surface area contributed by atoms with Gasteiger partial charge in [-0.2, -0.15) is 0 Å². The van der Waals surface area contributed by atoms with Crippen molar-refractivity contribution in [3.63, 3.8) is 0 Å². The van der Waals surface area contributed by atoms with Gasteiger partial charge in [-0.25, -0.2) is 0 Å². The average molecular weight is 281 g/mol. The molecule has 0 atom stereocenters. The summed E-state index contributed by atoms with van der Waals surface area (Å²) in [6.07, 6.45) is 9.84. The van der Waals surface area contributed by atoms with Gasteiger partial charge >= 0.3 is 0 Å². The Morgan fingerprint density at radius 3 is 2.05 bits per heavy atom. The van der Waals surface area contributed by atoms with E-state index < -0.39 is 10.9 Å². The molecular formula is C16H27NO3. The molecule has 0 amide bonds. The second kappa shape index (κ2) is 9.56. The molecule has 0 fully saturated rings. The van der Waals surface area contributed by atoms with Gasteiger partial charge < -0.3 is 10.1 Å². The molecule has 0 aliphatic carbocycles. The van der Waals surface area contributed by atoms with Crippen LogP contribution in [-0.2, 0) is 0 Å². The van der Waals surface area contributed by atoms with E-state index in [1.165, 1.54) is 38.5 Å². The first-order valence-corrected chi connectivity index (χ1v) is 7.92. The van der Waals surface area contributed by atoms with Crippen LogP contribution < -0.4 is 20.9 Å². The van der Waals surface area contributed by atoms with E-state index in [1.807, 2.05) is 6.92 Å². The number of anilines is 1. The summed E-state index contributed by atoms with van der Waals surface area (Å²) >= 11 is 0. The minimum absolute atomic E-state index is 0.236. The summed E-state index contributed by atoms with van der Waals surface area (Å²) in [5, 5.41) is 2.88. The Labute approximate surface area is 121 Å². The Morgan fingerprint density at radius 2 is 1.45 bits per heavy atom. The molecule has 114 valence electrons. The maximum absolute atomic E-state index is 11.3. The third kappa shape index (κ3) is 4.99. The predicted molar refractivity (Wildman–Crippen MR) is 83.6 cm³/mol. The van der Waals surface area contributed by atoms with Crippen molar-refractivity contribution in [3.8, 4) is 5.75 Å². The molecule has 0 saturated heterocycles. The minimum Gasteiger partial charge on any atom is -0.487 e. The van der Waals surface area contributed by atoms with Crippen LogP contribution in [0, 0.1) is 0 Å². The Balaban J connectivity index is 2.09. The van der Waals surface area contributed by atoms with Gasteiger partial charge in [0, 0.05) is 6.54 Å². The molecule has 4 nitrogen and oxygen atoms in total. The van der Waals surface area contributed by atoms with Crippen LogP contribution in [0.2, 0.25) is 0 Å². The molecule has 0 spiro atoms. The van der Waals surface area contributed by atoms with Crippen molar-refractivity contribution < 1.29 is 4.74 Å². The number of unbranched alkanes of at least 4 members (excludes halogenated alkanes) is 7. The van der Waals surface area contributed by atoms with Gasteiger partial charge in [0.25, 0.3) is 10.9 Å². The van der Waals surface area contributed by atoms with Crippen LogP contribution in [0.1, 0.15) is 65.2 Å². The Kier molecular flexibility index (Phi) is 8.00. The molecule has 1 aromatic carbocycles. The number of rotatable bonds is 12. The van der Waals surface area contributed by atoms with Gasteiger partial charge in [0.05, 0.1) is 6.61 Å². The molecule has 0 bridgehead atoms. The molecule has 20 heavy (non-hydrogen) atoms. The molecule has 1 N–H and O–H groups in total. The summed E-state index contributed by atoms with van der Waals surface area (Å²) in [6, 6.07) is 0. The number of ether oxygens (including phenoxy) is 1.